The predicted molar refractivity (Wildman–Crippen MR) is 111 cm³/mol. The van der Waals surface area contributed by atoms with Gasteiger partial charge in [0.2, 0.25) is 0 Å². The van der Waals surface area contributed by atoms with Gasteiger partial charge >= 0.3 is 0 Å². The molecular formula is C21H29ClN2O2. The molecule has 0 aliphatic rings. The summed E-state index contributed by atoms with van der Waals surface area (Å²) in [5.74, 6) is 0. The molecule has 1 atom stereocenters. The van der Waals surface area contributed by atoms with Crippen molar-refractivity contribution in [2.24, 2.45) is 5.16 Å². The van der Waals surface area contributed by atoms with Crippen molar-refractivity contribution in [1.82, 2.24) is 5.32 Å². The topological polar surface area (TPSA) is 53.9 Å². The summed E-state index contributed by atoms with van der Waals surface area (Å²) in [7, 11) is 0. The Balaban J connectivity index is 0.00000338. The van der Waals surface area contributed by atoms with E-state index in [0.29, 0.717) is 6.54 Å². The van der Waals surface area contributed by atoms with E-state index in [1.807, 2.05) is 37.3 Å². The van der Waals surface area contributed by atoms with Gasteiger partial charge in [-0.05, 0) is 44.4 Å². The molecule has 0 saturated heterocycles. The van der Waals surface area contributed by atoms with Crippen LogP contribution in [-0.4, -0.2) is 35.6 Å². The van der Waals surface area contributed by atoms with Crippen molar-refractivity contribution in [3.63, 3.8) is 0 Å². The van der Waals surface area contributed by atoms with Crippen LogP contribution in [-0.2, 0) is 4.84 Å². The Bertz CT molecular complexity index is 679. The number of oxime groups is 1. The van der Waals surface area contributed by atoms with Crippen LogP contribution in [0, 0.1) is 0 Å². The summed E-state index contributed by atoms with van der Waals surface area (Å²) < 4.78 is 0. The average Bonchev–Trinajstić information content (AvgIpc) is 2.60. The highest BCUT2D eigenvalue weighted by Crippen LogP contribution is 2.19. The molecule has 26 heavy (non-hydrogen) atoms. The van der Waals surface area contributed by atoms with E-state index in [0.717, 1.165) is 11.3 Å². The van der Waals surface area contributed by atoms with Crippen molar-refractivity contribution in [2.45, 2.75) is 39.3 Å². The highest BCUT2D eigenvalue weighted by atomic mass is 35.5. The first-order valence-electron chi connectivity index (χ1n) is 8.61. The first-order valence-corrected chi connectivity index (χ1v) is 8.61. The molecule has 1 unspecified atom stereocenters. The second-order valence-corrected chi connectivity index (χ2v) is 7.20. The average molecular weight is 377 g/mol. The molecule has 0 aliphatic carbocycles. The van der Waals surface area contributed by atoms with Gasteiger partial charge < -0.3 is 15.3 Å². The normalized spacial score (nSPS) is 13.0. The molecule has 0 amide bonds. The molecule has 0 aromatic heterocycles. The minimum Gasteiger partial charge on any atom is -0.393 e. The van der Waals surface area contributed by atoms with E-state index in [1.54, 1.807) is 0 Å². The highest BCUT2D eigenvalue weighted by Gasteiger charge is 2.12. The predicted octanol–water partition coefficient (Wildman–Crippen LogP) is 4.27. The second-order valence-electron chi connectivity index (χ2n) is 7.20. The summed E-state index contributed by atoms with van der Waals surface area (Å²) in [6.45, 7) is 8.72. The summed E-state index contributed by atoms with van der Waals surface area (Å²) in [5, 5.41) is 17.2. The summed E-state index contributed by atoms with van der Waals surface area (Å²) in [4.78, 5) is 5.29. The van der Waals surface area contributed by atoms with Gasteiger partial charge in [0.1, 0.15) is 12.7 Å². The maximum atomic E-state index is 9.90. The Morgan fingerprint density at radius 1 is 1.04 bits per heavy atom. The molecule has 0 saturated carbocycles. The Morgan fingerprint density at radius 3 is 2.19 bits per heavy atom. The second kappa shape index (κ2) is 10.3. The number of hydrogen-bond acceptors (Lipinski definition) is 4. The molecule has 2 rings (SSSR count). The SMILES string of the molecule is C/C(=N\OCC(O)CNC(C)(C)C)c1ccc(-c2ccccc2)cc1.Cl. The molecule has 0 aliphatic heterocycles. The third-order valence-electron chi connectivity index (χ3n) is 3.75. The summed E-state index contributed by atoms with van der Waals surface area (Å²) in [6, 6.07) is 18.5. The lowest BCUT2D eigenvalue weighted by molar-refractivity contribution is 0.0373. The van der Waals surface area contributed by atoms with Gasteiger partial charge in [-0.25, -0.2) is 0 Å². The van der Waals surface area contributed by atoms with Crippen LogP contribution in [0.5, 0.6) is 0 Å². The maximum absolute atomic E-state index is 9.90. The van der Waals surface area contributed by atoms with Crippen molar-refractivity contribution >= 4 is 18.1 Å². The lowest BCUT2D eigenvalue weighted by Crippen LogP contribution is -2.42. The van der Waals surface area contributed by atoms with Gasteiger partial charge in [-0.2, -0.15) is 0 Å². The van der Waals surface area contributed by atoms with E-state index in [4.69, 9.17) is 4.84 Å². The smallest absolute Gasteiger partial charge is 0.144 e. The number of β-amino-alcohol motifs (C(OH)–C–C–N with tert-alkyl or cyclic N) is 1. The fourth-order valence-corrected chi connectivity index (χ4v) is 2.29. The van der Waals surface area contributed by atoms with Crippen LogP contribution in [0.1, 0.15) is 33.3 Å². The monoisotopic (exact) mass is 376 g/mol. The van der Waals surface area contributed by atoms with Gasteiger partial charge in [0.25, 0.3) is 0 Å². The molecular weight excluding hydrogens is 348 g/mol. The molecule has 2 aromatic carbocycles. The quantitative estimate of drug-likeness (QED) is 0.560. The van der Waals surface area contributed by atoms with E-state index >= 15 is 0 Å². The highest BCUT2D eigenvalue weighted by molar-refractivity contribution is 5.98. The third-order valence-corrected chi connectivity index (χ3v) is 3.75. The van der Waals surface area contributed by atoms with Crippen LogP contribution < -0.4 is 5.32 Å². The van der Waals surface area contributed by atoms with Crippen LogP contribution in [0.3, 0.4) is 0 Å². The molecule has 0 fully saturated rings. The summed E-state index contributed by atoms with van der Waals surface area (Å²) in [6.07, 6.45) is -0.587. The van der Waals surface area contributed by atoms with Crippen molar-refractivity contribution in [3.8, 4) is 11.1 Å². The zero-order chi connectivity index (χ0) is 18.3. The first-order chi connectivity index (χ1) is 11.8. The first kappa shape index (κ1) is 22.2. The van der Waals surface area contributed by atoms with Crippen LogP contribution in [0.25, 0.3) is 11.1 Å². The lowest BCUT2D eigenvalue weighted by Gasteiger charge is -2.22. The van der Waals surface area contributed by atoms with Crippen molar-refractivity contribution < 1.29 is 9.94 Å². The Morgan fingerprint density at radius 2 is 1.62 bits per heavy atom. The molecule has 0 spiro atoms. The molecule has 2 aromatic rings. The fraction of sp³-hybridized carbons (Fsp3) is 0.381. The van der Waals surface area contributed by atoms with E-state index < -0.39 is 6.10 Å². The van der Waals surface area contributed by atoms with Gasteiger partial charge in [0, 0.05) is 12.1 Å². The number of aliphatic hydroxyl groups is 1. The Kier molecular flexibility index (Phi) is 8.79. The zero-order valence-electron chi connectivity index (χ0n) is 15.9. The van der Waals surface area contributed by atoms with Crippen molar-refractivity contribution in [2.75, 3.05) is 13.2 Å². The standard InChI is InChI=1S/C21H28N2O2.ClH/c1-16(23-25-15-20(24)14-22-21(2,3)4)17-10-12-19(13-11-17)18-8-6-5-7-9-18;/h5-13,20,22,24H,14-15H2,1-4H3;1H/b23-16+;. The number of aliphatic hydroxyl groups excluding tert-OH is 1. The molecule has 2 N–H and O–H groups in total. The van der Waals surface area contributed by atoms with Gasteiger partial charge in [-0.15, -0.1) is 12.4 Å². The number of hydrogen-bond donors (Lipinski definition) is 2. The molecule has 4 nitrogen and oxygen atoms in total. The van der Waals surface area contributed by atoms with Gasteiger partial charge in [-0.1, -0.05) is 59.8 Å². The minimum absolute atomic E-state index is 0. The van der Waals surface area contributed by atoms with E-state index in [-0.39, 0.29) is 24.6 Å². The largest absolute Gasteiger partial charge is 0.393 e. The number of benzene rings is 2. The van der Waals surface area contributed by atoms with Crippen LogP contribution in [0.4, 0.5) is 0 Å². The van der Waals surface area contributed by atoms with E-state index in [2.05, 4.69) is 55.5 Å². The lowest BCUT2D eigenvalue weighted by atomic mass is 10.0. The molecule has 0 heterocycles. The summed E-state index contributed by atoms with van der Waals surface area (Å²) in [5.41, 5.74) is 4.12. The number of nitrogens with zero attached hydrogens (tertiary/aromatic N) is 1. The Labute approximate surface area is 162 Å². The van der Waals surface area contributed by atoms with Gasteiger partial charge in [-0.3, -0.25) is 0 Å². The summed E-state index contributed by atoms with van der Waals surface area (Å²) >= 11 is 0. The van der Waals surface area contributed by atoms with Gasteiger partial charge in [0.05, 0.1) is 5.71 Å². The molecule has 142 valence electrons. The zero-order valence-corrected chi connectivity index (χ0v) is 16.7. The fourth-order valence-electron chi connectivity index (χ4n) is 2.29. The molecule has 5 heteroatoms. The van der Waals surface area contributed by atoms with Crippen molar-refractivity contribution in [1.29, 1.82) is 0 Å². The van der Waals surface area contributed by atoms with E-state index in [1.165, 1.54) is 11.1 Å². The number of halogens is 1. The van der Waals surface area contributed by atoms with E-state index in [9.17, 15) is 5.11 Å². The van der Waals surface area contributed by atoms with Crippen molar-refractivity contribution in [3.05, 3.63) is 60.2 Å². The molecule has 0 radical (unpaired) electrons. The van der Waals surface area contributed by atoms with Gasteiger partial charge in [0.15, 0.2) is 0 Å². The third kappa shape index (κ3) is 7.56. The Hall–Kier alpha value is -1.88. The van der Waals surface area contributed by atoms with Crippen LogP contribution in [0.2, 0.25) is 0 Å². The minimum atomic E-state index is -0.587. The van der Waals surface area contributed by atoms with Crippen LogP contribution >= 0.6 is 12.4 Å². The number of rotatable bonds is 7. The van der Waals surface area contributed by atoms with Crippen LogP contribution in [0.15, 0.2) is 59.8 Å². The maximum Gasteiger partial charge on any atom is 0.144 e. The molecule has 0 bridgehead atoms. The number of nitrogens with one attached hydrogen (secondary N) is 1.